The van der Waals surface area contributed by atoms with Crippen LogP contribution in [0.2, 0.25) is 0 Å². The highest BCUT2D eigenvalue weighted by Crippen LogP contribution is 2.24. The largest absolute Gasteiger partial charge is 0.344 e. The van der Waals surface area contributed by atoms with Crippen LogP contribution in [0, 0.1) is 0 Å². The molecule has 0 saturated carbocycles. The molecule has 23 heavy (non-hydrogen) atoms. The highest BCUT2D eigenvalue weighted by molar-refractivity contribution is 7.10. The van der Waals surface area contributed by atoms with Gasteiger partial charge in [0.05, 0.1) is 11.7 Å². The minimum Gasteiger partial charge on any atom is -0.344 e. The fourth-order valence-corrected chi connectivity index (χ4v) is 3.46. The van der Waals surface area contributed by atoms with Crippen molar-refractivity contribution < 1.29 is 4.79 Å². The molecule has 3 aromatic rings. The van der Waals surface area contributed by atoms with Gasteiger partial charge >= 0.3 is 0 Å². The normalized spacial score (nSPS) is 12.4. The first-order chi connectivity index (χ1) is 11.2. The number of nitrogens with zero attached hydrogens (tertiary/aromatic N) is 2. The third kappa shape index (κ3) is 4.12. The van der Waals surface area contributed by atoms with Crippen molar-refractivity contribution in [3.05, 3.63) is 63.4 Å². The summed E-state index contributed by atoms with van der Waals surface area (Å²) in [6.07, 6.45) is 6.88. The summed E-state index contributed by atoms with van der Waals surface area (Å²) < 4.78 is 0. The molecule has 0 spiro atoms. The van der Waals surface area contributed by atoms with Gasteiger partial charge in [-0.05, 0) is 47.5 Å². The van der Waals surface area contributed by atoms with Crippen molar-refractivity contribution in [2.45, 2.75) is 13.0 Å². The van der Waals surface area contributed by atoms with Crippen molar-refractivity contribution in [2.75, 3.05) is 0 Å². The third-order valence-electron chi connectivity index (χ3n) is 3.18. The number of carbonyl (C=O) groups excluding carboxylic acids is 1. The fraction of sp³-hybridized carbons (Fsp3) is 0.118. The molecule has 0 aliphatic carbocycles. The number of hydrogen-bond donors (Lipinski definition) is 1. The lowest BCUT2D eigenvalue weighted by atomic mass is 10.2. The number of carbonyl (C=O) groups is 1. The minimum absolute atomic E-state index is 0.123. The molecule has 6 heteroatoms. The van der Waals surface area contributed by atoms with Gasteiger partial charge in [0.25, 0.3) is 0 Å². The maximum atomic E-state index is 12.0. The number of nitrogens with one attached hydrogen (secondary N) is 1. The zero-order chi connectivity index (χ0) is 16.1. The van der Waals surface area contributed by atoms with Crippen molar-refractivity contribution in [1.29, 1.82) is 0 Å². The van der Waals surface area contributed by atoms with Crippen LogP contribution in [-0.2, 0) is 4.79 Å². The summed E-state index contributed by atoms with van der Waals surface area (Å²) in [5, 5.41) is 9.77. The van der Waals surface area contributed by atoms with Crippen LogP contribution in [0.5, 0.6) is 0 Å². The fourth-order valence-electron chi connectivity index (χ4n) is 2.00. The molecule has 0 bridgehead atoms. The first-order valence-corrected chi connectivity index (χ1v) is 8.91. The van der Waals surface area contributed by atoms with Crippen LogP contribution >= 0.6 is 22.7 Å². The van der Waals surface area contributed by atoms with Crippen LogP contribution in [0.1, 0.15) is 23.5 Å². The molecule has 1 amide bonds. The maximum absolute atomic E-state index is 12.0. The van der Waals surface area contributed by atoms with Crippen LogP contribution < -0.4 is 5.32 Å². The molecule has 0 saturated heterocycles. The summed E-state index contributed by atoms with van der Waals surface area (Å²) in [7, 11) is 0. The monoisotopic (exact) mass is 341 g/mol. The Balaban J connectivity index is 1.63. The van der Waals surface area contributed by atoms with Gasteiger partial charge in [-0.2, -0.15) is 11.3 Å². The van der Waals surface area contributed by atoms with E-state index in [1.165, 1.54) is 11.3 Å². The lowest BCUT2D eigenvalue weighted by Gasteiger charge is -2.08. The predicted octanol–water partition coefficient (Wildman–Crippen LogP) is 4.16. The molecule has 0 aromatic carbocycles. The smallest absolute Gasteiger partial charge is 0.244 e. The predicted molar refractivity (Wildman–Crippen MR) is 95.3 cm³/mol. The van der Waals surface area contributed by atoms with E-state index in [2.05, 4.69) is 15.3 Å². The Morgan fingerprint density at radius 3 is 3.00 bits per heavy atom. The van der Waals surface area contributed by atoms with Crippen molar-refractivity contribution in [3.63, 3.8) is 0 Å². The maximum Gasteiger partial charge on any atom is 0.244 e. The van der Waals surface area contributed by atoms with E-state index >= 15 is 0 Å². The zero-order valence-corrected chi connectivity index (χ0v) is 14.1. The number of amides is 1. The molecule has 1 atom stereocenters. The summed E-state index contributed by atoms with van der Waals surface area (Å²) in [5.74, 6) is -0.123. The summed E-state index contributed by atoms with van der Waals surface area (Å²) in [5.41, 5.74) is 2.89. The standard InChI is InChI=1S/C17H15N3OS2/c1-12(19-16(21)5-4-13-6-8-22-10-13)17-20-15(11-23-17)14-3-2-7-18-9-14/h2-12H,1H3,(H,19,21)/b5-4+/t12-/m0/s1. The second kappa shape index (κ2) is 7.30. The van der Waals surface area contributed by atoms with E-state index in [-0.39, 0.29) is 11.9 Å². The SMILES string of the molecule is C[C@H](NC(=O)/C=C/c1ccsc1)c1nc(-c2cccnc2)cs1. The Labute approximate surface area is 142 Å². The van der Waals surface area contributed by atoms with E-state index < -0.39 is 0 Å². The first kappa shape index (κ1) is 15.6. The first-order valence-electron chi connectivity index (χ1n) is 7.09. The van der Waals surface area contributed by atoms with Crippen LogP contribution in [-0.4, -0.2) is 15.9 Å². The molecule has 0 radical (unpaired) electrons. The van der Waals surface area contributed by atoms with Crippen LogP contribution in [0.25, 0.3) is 17.3 Å². The Kier molecular flexibility index (Phi) is 4.95. The lowest BCUT2D eigenvalue weighted by Crippen LogP contribution is -2.24. The second-order valence-electron chi connectivity index (χ2n) is 4.93. The number of aromatic nitrogens is 2. The number of rotatable bonds is 5. The molecule has 3 heterocycles. The van der Waals surface area contributed by atoms with E-state index in [9.17, 15) is 4.79 Å². The molecular weight excluding hydrogens is 326 g/mol. The minimum atomic E-state index is -0.134. The van der Waals surface area contributed by atoms with Gasteiger partial charge in [0.1, 0.15) is 5.01 Å². The van der Waals surface area contributed by atoms with E-state index in [1.54, 1.807) is 29.8 Å². The van der Waals surface area contributed by atoms with Gasteiger partial charge < -0.3 is 5.32 Å². The summed E-state index contributed by atoms with van der Waals surface area (Å²) in [4.78, 5) is 20.7. The van der Waals surface area contributed by atoms with Crippen molar-refractivity contribution in [1.82, 2.24) is 15.3 Å². The Bertz CT molecular complexity index is 794. The third-order valence-corrected chi connectivity index (χ3v) is 4.91. The number of hydrogen-bond acceptors (Lipinski definition) is 5. The summed E-state index contributed by atoms with van der Waals surface area (Å²) >= 11 is 3.14. The molecular formula is C17H15N3OS2. The second-order valence-corrected chi connectivity index (χ2v) is 6.60. The zero-order valence-electron chi connectivity index (χ0n) is 12.5. The van der Waals surface area contributed by atoms with Crippen molar-refractivity contribution in [3.8, 4) is 11.3 Å². The van der Waals surface area contributed by atoms with E-state index in [1.807, 2.05) is 47.3 Å². The molecule has 0 unspecified atom stereocenters. The van der Waals surface area contributed by atoms with Crippen LogP contribution in [0.15, 0.2) is 52.8 Å². The quantitative estimate of drug-likeness (QED) is 0.709. The molecule has 4 nitrogen and oxygen atoms in total. The van der Waals surface area contributed by atoms with Gasteiger partial charge in [0, 0.05) is 29.4 Å². The summed E-state index contributed by atoms with van der Waals surface area (Å²) in [6, 6.07) is 5.69. The molecule has 3 aromatic heterocycles. The number of thiophene rings is 1. The van der Waals surface area contributed by atoms with Crippen LogP contribution in [0.4, 0.5) is 0 Å². The molecule has 116 valence electrons. The van der Waals surface area contributed by atoms with Gasteiger partial charge in [-0.3, -0.25) is 9.78 Å². The highest BCUT2D eigenvalue weighted by atomic mass is 32.1. The number of pyridine rings is 1. The van der Waals surface area contributed by atoms with E-state index in [0.29, 0.717) is 0 Å². The van der Waals surface area contributed by atoms with Gasteiger partial charge in [0.15, 0.2) is 0 Å². The van der Waals surface area contributed by atoms with E-state index in [0.717, 1.165) is 21.8 Å². The molecule has 3 rings (SSSR count). The Morgan fingerprint density at radius 1 is 1.35 bits per heavy atom. The molecule has 0 fully saturated rings. The van der Waals surface area contributed by atoms with Crippen molar-refractivity contribution >= 4 is 34.7 Å². The molecule has 1 N–H and O–H groups in total. The van der Waals surface area contributed by atoms with Gasteiger partial charge in [-0.1, -0.05) is 0 Å². The van der Waals surface area contributed by atoms with Crippen LogP contribution in [0.3, 0.4) is 0 Å². The van der Waals surface area contributed by atoms with Crippen molar-refractivity contribution in [2.24, 2.45) is 0 Å². The topological polar surface area (TPSA) is 54.9 Å². The Hall–Kier alpha value is -2.31. The van der Waals surface area contributed by atoms with E-state index in [4.69, 9.17) is 0 Å². The lowest BCUT2D eigenvalue weighted by molar-refractivity contribution is -0.117. The Morgan fingerprint density at radius 2 is 2.26 bits per heavy atom. The molecule has 0 aliphatic rings. The van der Waals surface area contributed by atoms with Gasteiger partial charge in [0.2, 0.25) is 5.91 Å². The number of thiazole rings is 1. The van der Waals surface area contributed by atoms with Gasteiger partial charge in [-0.25, -0.2) is 4.98 Å². The molecule has 0 aliphatic heterocycles. The average molecular weight is 341 g/mol. The van der Waals surface area contributed by atoms with Gasteiger partial charge in [-0.15, -0.1) is 11.3 Å². The average Bonchev–Trinajstić information content (AvgIpc) is 3.25. The summed E-state index contributed by atoms with van der Waals surface area (Å²) in [6.45, 7) is 1.93. The highest BCUT2D eigenvalue weighted by Gasteiger charge is 2.13.